The molecule has 0 spiro atoms. The second-order valence-electron chi connectivity index (χ2n) is 6.56. The summed E-state index contributed by atoms with van der Waals surface area (Å²) in [5.41, 5.74) is 4.53. The molecular formula is C18H27N5O2S. The Morgan fingerprint density at radius 1 is 1.35 bits per heavy atom. The molecule has 1 aliphatic carbocycles. The number of aromatic amines is 1. The summed E-state index contributed by atoms with van der Waals surface area (Å²) in [6.07, 6.45) is 8.01. The number of ether oxygens (including phenoxy) is 1. The normalized spacial score (nSPS) is 12.7. The van der Waals surface area contributed by atoms with Crippen molar-refractivity contribution in [2.24, 2.45) is 0 Å². The van der Waals surface area contributed by atoms with Crippen LogP contribution in [0.5, 0.6) is 0 Å². The molecule has 8 heteroatoms. The third kappa shape index (κ3) is 4.29. The molecule has 0 bridgehead atoms. The van der Waals surface area contributed by atoms with Gasteiger partial charge in [-0.2, -0.15) is 22.8 Å². The van der Waals surface area contributed by atoms with E-state index in [2.05, 4.69) is 33.2 Å². The molecule has 7 nitrogen and oxygen atoms in total. The van der Waals surface area contributed by atoms with Crippen molar-refractivity contribution in [1.29, 1.82) is 0 Å². The minimum absolute atomic E-state index is 0.0908. The third-order valence-corrected chi connectivity index (χ3v) is 5.01. The van der Waals surface area contributed by atoms with Gasteiger partial charge in [-0.05, 0) is 31.4 Å². The number of H-pyrrole nitrogens is 1. The molecule has 26 heavy (non-hydrogen) atoms. The highest BCUT2D eigenvalue weighted by Gasteiger charge is 2.27. The Hall–Kier alpha value is -1.80. The summed E-state index contributed by atoms with van der Waals surface area (Å²) < 4.78 is 7.01. The van der Waals surface area contributed by atoms with E-state index in [1.165, 1.54) is 0 Å². The van der Waals surface area contributed by atoms with Gasteiger partial charge in [0.1, 0.15) is 0 Å². The predicted octanol–water partition coefficient (Wildman–Crippen LogP) is 2.24. The number of thiol groups is 1. The number of unbranched alkanes of at least 4 members (excludes halogenated alkanes) is 3. The number of carbonyl (C=O) groups excluding carboxylic acids is 1. The molecule has 1 amide bonds. The number of nitrogens with zero attached hydrogens (tertiary/aromatic N) is 3. The first-order valence-corrected chi connectivity index (χ1v) is 9.89. The molecule has 0 aliphatic heterocycles. The zero-order valence-electron chi connectivity index (χ0n) is 15.3. The van der Waals surface area contributed by atoms with E-state index in [0.717, 1.165) is 66.8 Å². The van der Waals surface area contributed by atoms with Gasteiger partial charge in [-0.3, -0.25) is 14.6 Å². The van der Waals surface area contributed by atoms with Crippen molar-refractivity contribution >= 4 is 18.5 Å². The van der Waals surface area contributed by atoms with Crippen LogP contribution in [-0.4, -0.2) is 51.9 Å². The number of methoxy groups -OCH3 is 1. The summed E-state index contributed by atoms with van der Waals surface area (Å²) in [6, 6.07) is 0. The molecule has 0 saturated heterocycles. The summed E-state index contributed by atoms with van der Waals surface area (Å²) in [5, 5.41) is 14.9. The smallest absolute Gasteiger partial charge is 0.272 e. The first-order valence-electron chi connectivity index (χ1n) is 9.26. The maximum atomic E-state index is 12.5. The van der Waals surface area contributed by atoms with Crippen LogP contribution in [0.15, 0.2) is 6.20 Å². The largest absolute Gasteiger partial charge is 0.383 e. The standard InChI is InChI=1S/C18H27N5O2S/c1-25-10-9-23-12-14-15(22-23)7-6-13-16(14)20-21-17(13)18(24)19-8-4-2-3-5-11-26/h12,26H,2-11H2,1H3,(H,19,24)(H,20,21). The summed E-state index contributed by atoms with van der Waals surface area (Å²) in [5.74, 6) is 0.836. The van der Waals surface area contributed by atoms with E-state index < -0.39 is 0 Å². The van der Waals surface area contributed by atoms with E-state index in [9.17, 15) is 4.79 Å². The monoisotopic (exact) mass is 377 g/mol. The average molecular weight is 378 g/mol. The fourth-order valence-electron chi connectivity index (χ4n) is 3.29. The molecule has 0 radical (unpaired) electrons. The lowest BCUT2D eigenvalue weighted by atomic mass is 9.94. The second kappa shape index (κ2) is 9.23. The Balaban J connectivity index is 1.62. The maximum absolute atomic E-state index is 12.5. The van der Waals surface area contributed by atoms with Crippen molar-refractivity contribution in [3.63, 3.8) is 0 Å². The molecule has 0 unspecified atom stereocenters. The maximum Gasteiger partial charge on any atom is 0.272 e. The number of fused-ring (bicyclic) bond motifs is 3. The number of aryl methyl sites for hydroxylation is 1. The molecule has 2 aromatic heterocycles. The zero-order chi connectivity index (χ0) is 18.4. The van der Waals surface area contributed by atoms with Crippen molar-refractivity contribution in [2.45, 2.75) is 45.1 Å². The molecule has 0 fully saturated rings. The molecule has 0 aromatic carbocycles. The van der Waals surface area contributed by atoms with Crippen LogP contribution in [-0.2, 0) is 24.1 Å². The highest BCUT2D eigenvalue weighted by Crippen LogP contribution is 2.32. The molecule has 2 aromatic rings. The van der Waals surface area contributed by atoms with Gasteiger partial charge in [-0.15, -0.1) is 0 Å². The van der Waals surface area contributed by atoms with Crippen molar-refractivity contribution in [3.05, 3.63) is 23.1 Å². The van der Waals surface area contributed by atoms with Gasteiger partial charge in [0.2, 0.25) is 0 Å². The van der Waals surface area contributed by atoms with Gasteiger partial charge in [-0.1, -0.05) is 12.8 Å². The van der Waals surface area contributed by atoms with Crippen LogP contribution in [0.25, 0.3) is 11.3 Å². The topological polar surface area (TPSA) is 84.8 Å². The van der Waals surface area contributed by atoms with Gasteiger partial charge in [0.15, 0.2) is 5.69 Å². The van der Waals surface area contributed by atoms with Gasteiger partial charge in [0, 0.05) is 31.0 Å². The number of hydrogen-bond donors (Lipinski definition) is 3. The van der Waals surface area contributed by atoms with E-state index >= 15 is 0 Å². The summed E-state index contributed by atoms with van der Waals surface area (Å²) >= 11 is 4.21. The van der Waals surface area contributed by atoms with Crippen LogP contribution < -0.4 is 5.32 Å². The molecule has 2 heterocycles. The number of aromatic nitrogens is 4. The van der Waals surface area contributed by atoms with Crippen molar-refractivity contribution in [1.82, 2.24) is 25.3 Å². The lowest BCUT2D eigenvalue weighted by molar-refractivity contribution is 0.0947. The Labute approximate surface area is 159 Å². The number of amides is 1. The first-order chi connectivity index (χ1) is 12.7. The molecule has 3 rings (SSSR count). The van der Waals surface area contributed by atoms with Crippen LogP contribution in [0.3, 0.4) is 0 Å². The minimum Gasteiger partial charge on any atom is -0.383 e. The van der Waals surface area contributed by atoms with Gasteiger partial charge in [0.25, 0.3) is 5.91 Å². The number of nitrogens with one attached hydrogen (secondary N) is 2. The Kier molecular flexibility index (Phi) is 6.73. The predicted molar refractivity (Wildman–Crippen MR) is 104 cm³/mol. The van der Waals surface area contributed by atoms with Crippen LogP contribution >= 0.6 is 12.6 Å². The van der Waals surface area contributed by atoms with E-state index in [1.807, 2.05) is 10.9 Å². The van der Waals surface area contributed by atoms with E-state index in [1.54, 1.807) is 7.11 Å². The highest BCUT2D eigenvalue weighted by atomic mass is 32.1. The highest BCUT2D eigenvalue weighted by molar-refractivity contribution is 7.80. The van der Waals surface area contributed by atoms with E-state index in [-0.39, 0.29) is 5.91 Å². The minimum atomic E-state index is -0.0908. The van der Waals surface area contributed by atoms with Crippen molar-refractivity contribution < 1.29 is 9.53 Å². The fourth-order valence-corrected chi connectivity index (χ4v) is 3.52. The first kappa shape index (κ1) is 19.0. The molecule has 0 saturated carbocycles. The van der Waals surface area contributed by atoms with Crippen LogP contribution in [0.4, 0.5) is 0 Å². The van der Waals surface area contributed by atoms with Crippen LogP contribution in [0.2, 0.25) is 0 Å². The van der Waals surface area contributed by atoms with Crippen molar-refractivity contribution in [3.8, 4) is 11.3 Å². The molecule has 1 aliphatic rings. The third-order valence-electron chi connectivity index (χ3n) is 4.70. The Morgan fingerprint density at radius 3 is 3.00 bits per heavy atom. The van der Waals surface area contributed by atoms with Gasteiger partial charge < -0.3 is 10.1 Å². The van der Waals surface area contributed by atoms with Gasteiger partial charge >= 0.3 is 0 Å². The van der Waals surface area contributed by atoms with Gasteiger partial charge in [0.05, 0.1) is 24.5 Å². The molecule has 0 atom stereocenters. The lowest BCUT2D eigenvalue weighted by Crippen LogP contribution is -2.26. The summed E-state index contributed by atoms with van der Waals surface area (Å²) in [4.78, 5) is 12.5. The Bertz CT molecular complexity index is 740. The number of carbonyl (C=O) groups is 1. The van der Waals surface area contributed by atoms with Crippen LogP contribution in [0.1, 0.15) is 47.4 Å². The fraction of sp³-hybridized carbons (Fsp3) is 0.611. The summed E-state index contributed by atoms with van der Waals surface area (Å²) in [6.45, 7) is 2.03. The average Bonchev–Trinajstić information content (AvgIpc) is 3.25. The lowest BCUT2D eigenvalue weighted by Gasteiger charge is -2.11. The van der Waals surface area contributed by atoms with E-state index in [0.29, 0.717) is 25.4 Å². The number of rotatable bonds is 10. The second-order valence-corrected chi connectivity index (χ2v) is 7.01. The zero-order valence-corrected chi connectivity index (χ0v) is 16.1. The number of hydrogen-bond acceptors (Lipinski definition) is 5. The molecule has 2 N–H and O–H groups in total. The quantitative estimate of drug-likeness (QED) is 0.438. The van der Waals surface area contributed by atoms with Gasteiger partial charge in [-0.25, -0.2) is 0 Å². The van der Waals surface area contributed by atoms with E-state index in [4.69, 9.17) is 4.74 Å². The van der Waals surface area contributed by atoms with Crippen LogP contribution in [0, 0.1) is 0 Å². The SMILES string of the molecule is COCCn1cc2c(n1)CCc1c(C(=O)NCCCCCCS)n[nH]c1-2. The summed E-state index contributed by atoms with van der Waals surface area (Å²) in [7, 11) is 1.68. The van der Waals surface area contributed by atoms with Crippen molar-refractivity contribution in [2.75, 3.05) is 26.0 Å². The molecule has 142 valence electrons. The Morgan fingerprint density at radius 2 is 2.19 bits per heavy atom. The molecular weight excluding hydrogens is 350 g/mol.